The largest absolute Gasteiger partial charge is 0.380 e. The van der Waals surface area contributed by atoms with Crippen molar-refractivity contribution in [1.82, 2.24) is 5.32 Å². The molecule has 0 heterocycles. The highest BCUT2D eigenvalue weighted by molar-refractivity contribution is 5.53. The van der Waals surface area contributed by atoms with E-state index in [1.54, 1.807) is 7.11 Å². The van der Waals surface area contributed by atoms with Crippen LogP contribution in [-0.4, -0.2) is 20.2 Å². The number of benzene rings is 1. The number of rotatable bonds is 8. The summed E-state index contributed by atoms with van der Waals surface area (Å²) in [7, 11) is 1.73. The van der Waals surface area contributed by atoms with Crippen molar-refractivity contribution in [2.75, 3.05) is 20.2 Å². The molecule has 106 valence electrons. The fourth-order valence-electron chi connectivity index (χ4n) is 1.91. The van der Waals surface area contributed by atoms with Crippen LogP contribution in [0.15, 0.2) is 29.8 Å². The second kappa shape index (κ2) is 8.89. The molecule has 1 aromatic rings. The van der Waals surface area contributed by atoms with E-state index in [4.69, 9.17) is 4.74 Å². The third-order valence-electron chi connectivity index (χ3n) is 3.02. The van der Waals surface area contributed by atoms with Gasteiger partial charge in [-0.05, 0) is 30.0 Å². The van der Waals surface area contributed by atoms with Gasteiger partial charge in [-0.3, -0.25) is 0 Å². The molecule has 0 bridgehead atoms. The molecule has 0 spiro atoms. The van der Waals surface area contributed by atoms with Crippen LogP contribution in [0.5, 0.6) is 0 Å². The molecule has 0 amide bonds. The summed E-state index contributed by atoms with van der Waals surface area (Å²) in [6, 6.07) is 8.58. The van der Waals surface area contributed by atoms with Crippen molar-refractivity contribution in [3.05, 3.63) is 41.0 Å². The lowest BCUT2D eigenvalue weighted by molar-refractivity contribution is 0.185. The van der Waals surface area contributed by atoms with Gasteiger partial charge in [-0.2, -0.15) is 0 Å². The van der Waals surface area contributed by atoms with E-state index in [-0.39, 0.29) is 0 Å². The van der Waals surface area contributed by atoms with Crippen LogP contribution in [0.2, 0.25) is 0 Å². The number of hydrogen-bond acceptors (Lipinski definition) is 2. The van der Waals surface area contributed by atoms with Gasteiger partial charge in [0, 0.05) is 13.7 Å². The van der Waals surface area contributed by atoms with E-state index in [2.05, 4.69) is 56.4 Å². The maximum atomic E-state index is 5.12. The predicted molar refractivity (Wildman–Crippen MR) is 83.1 cm³/mol. The molecule has 0 aliphatic carbocycles. The summed E-state index contributed by atoms with van der Waals surface area (Å²) >= 11 is 0. The van der Waals surface area contributed by atoms with E-state index in [1.165, 1.54) is 16.7 Å². The minimum atomic E-state index is 0.681. The van der Waals surface area contributed by atoms with E-state index in [9.17, 15) is 0 Å². The molecule has 2 nitrogen and oxygen atoms in total. The minimum Gasteiger partial charge on any atom is -0.380 e. The predicted octanol–water partition coefficient (Wildman–Crippen LogP) is 3.87. The van der Waals surface area contributed by atoms with Crippen molar-refractivity contribution in [1.29, 1.82) is 0 Å². The van der Waals surface area contributed by atoms with Crippen molar-refractivity contribution < 1.29 is 4.74 Å². The Morgan fingerprint density at radius 1 is 1.26 bits per heavy atom. The Morgan fingerprint density at radius 2 is 1.95 bits per heavy atom. The fraction of sp³-hybridized carbons (Fsp3) is 0.529. The summed E-state index contributed by atoms with van der Waals surface area (Å²) in [6.45, 7) is 9.41. The molecule has 0 aliphatic rings. The van der Waals surface area contributed by atoms with Gasteiger partial charge in [-0.25, -0.2) is 0 Å². The molecular weight excluding hydrogens is 234 g/mol. The topological polar surface area (TPSA) is 21.3 Å². The SMILES string of the molecule is CCC(=Cc1ccc(COC)cc1)CNCC(C)C. The molecule has 0 saturated carbocycles. The van der Waals surface area contributed by atoms with Crippen LogP contribution in [-0.2, 0) is 11.3 Å². The Hall–Kier alpha value is -1.12. The van der Waals surface area contributed by atoms with Crippen LogP contribution in [0.1, 0.15) is 38.3 Å². The first kappa shape index (κ1) is 15.9. The summed E-state index contributed by atoms with van der Waals surface area (Å²) in [4.78, 5) is 0. The summed E-state index contributed by atoms with van der Waals surface area (Å²) in [5.74, 6) is 0.700. The molecule has 0 atom stereocenters. The lowest BCUT2D eigenvalue weighted by Crippen LogP contribution is -2.21. The first-order valence-corrected chi connectivity index (χ1v) is 7.13. The zero-order chi connectivity index (χ0) is 14.1. The van der Waals surface area contributed by atoms with Gasteiger partial charge in [0.05, 0.1) is 6.61 Å². The smallest absolute Gasteiger partial charge is 0.0713 e. The Kier molecular flexibility index (Phi) is 7.46. The van der Waals surface area contributed by atoms with Gasteiger partial charge in [-0.15, -0.1) is 0 Å². The Labute approximate surface area is 117 Å². The van der Waals surface area contributed by atoms with E-state index >= 15 is 0 Å². The molecule has 2 heteroatoms. The van der Waals surface area contributed by atoms with Crippen LogP contribution in [0.4, 0.5) is 0 Å². The van der Waals surface area contributed by atoms with Gasteiger partial charge in [0.2, 0.25) is 0 Å². The average molecular weight is 261 g/mol. The van der Waals surface area contributed by atoms with Crippen LogP contribution in [0, 0.1) is 5.92 Å². The van der Waals surface area contributed by atoms with E-state index in [0.717, 1.165) is 19.5 Å². The summed E-state index contributed by atoms with van der Waals surface area (Å²) in [6.07, 6.45) is 3.37. The van der Waals surface area contributed by atoms with Crippen molar-refractivity contribution in [3.8, 4) is 0 Å². The molecular formula is C17H27NO. The lowest BCUT2D eigenvalue weighted by Gasteiger charge is -2.09. The number of nitrogens with one attached hydrogen (secondary N) is 1. The van der Waals surface area contributed by atoms with Gasteiger partial charge < -0.3 is 10.1 Å². The van der Waals surface area contributed by atoms with Gasteiger partial charge in [0.1, 0.15) is 0 Å². The molecule has 0 radical (unpaired) electrons. The quantitative estimate of drug-likeness (QED) is 0.767. The molecule has 0 aromatic heterocycles. The summed E-state index contributed by atoms with van der Waals surface area (Å²) in [5, 5.41) is 3.50. The van der Waals surface area contributed by atoms with Gasteiger partial charge in [-0.1, -0.05) is 56.7 Å². The Morgan fingerprint density at radius 3 is 2.47 bits per heavy atom. The molecule has 1 N–H and O–H groups in total. The second-order valence-corrected chi connectivity index (χ2v) is 5.36. The molecule has 0 aliphatic heterocycles. The number of ether oxygens (including phenoxy) is 1. The van der Waals surface area contributed by atoms with Crippen molar-refractivity contribution in [2.45, 2.75) is 33.8 Å². The molecule has 1 rings (SSSR count). The fourth-order valence-corrected chi connectivity index (χ4v) is 1.91. The highest BCUT2D eigenvalue weighted by Gasteiger charge is 1.98. The van der Waals surface area contributed by atoms with Crippen LogP contribution >= 0.6 is 0 Å². The van der Waals surface area contributed by atoms with Crippen LogP contribution in [0.3, 0.4) is 0 Å². The summed E-state index contributed by atoms with van der Waals surface area (Å²) < 4.78 is 5.12. The normalized spacial score (nSPS) is 12.2. The molecule has 0 unspecified atom stereocenters. The third kappa shape index (κ3) is 6.55. The van der Waals surface area contributed by atoms with Crippen molar-refractivity contribution >= 4 is 6.08 Å². The van der Waals surface area contributed by atoms with E-state index in [0.29, 0.717) is 12.5 Å². The highest BCUT2D eigenvalue weighted by Crippen LogP contribution is 2.11. The first-order chi connectivity index (χ1) is 9.15. The highest BCUT2D eigenvalue weighted by atomic mass is 16.5. The van der Waals surface area contributed by atoms with Gasteiger partial charge >= 0.3 is 0 Å². The van der Waals surface area contributed by atoms with E-state index < -0.39 is 0 Å². The molecule has 0 fully saturated rings. The average Bonchev–Trinajstić information content (AvgIpc) is 2.39. The van der Waals surface area contributed by atoms with Crippen LogP contribution in [0.25, 0.3) is 6.08 Å². The van der Waals surface area contributed by atoms with E-state index in [1.807, 2.05) is 0 Å². The Bertz CT molecular complexity index is 379. The minimum absolute atomic E-state index is 0.681. The zero-order valence-corrected chi connectivity index (χ0v) is 12.7. The Balaban J connectivity index is 2.58. The summed E-state index contributed by atoms with van der Waals surface area (Å²) in [5.41, 5.74) is 3.93. The first-order valence-electron chi connectivity index (χ1n) is 7.13. The number of hydrogen-bond donors (Lipinski definition) is 1. The standard InChI is InChI=1S/C17H27NO/c1-5-15(12-18-11-14(2)3)10-16-6-8-17(9-7-16)13-19-4/h6-10,14,18H,5,11-13H2,1-4H3. The zero-order valence-electron chi connectivity index (χ0n) is 12.7. The van der Waals surface area contributed by atoms with Gasteiger partial charge in [0.25, 0.3) is 0 Å². The molecule has 1 aromatic carbocycles. The third-order valence-corrected chi connectivity index (χ3v) is 3.02. The van der Waals surface area contributed by atoms with Crippen LogP contribution < -0.4 is 5.32 Å². The second-order valence-electron chi connectivity index (χ2n) is 5.36. The number of methoxy groups -OCH3 is 1. The maximum absolute atomic E-state index is 5.12. The molecule has 19 heavy (non-hydrogen) atoms. The monoisotopic (exact) mass is 261 g/mol. The van der Waals surface area contributed by atoms with Crippen molar-refractivity contribution in [2.24, 2.45) is 5.92 Å². The van der Waals surface area contributed by atoms with Gasteiger partial charge in [0.15, 0.2) is 0 Å². The lowest BCUT2D eigenvalue weighted by atomic mass is 10.1. The maximum Gasteiger partial charge on any atom is 0.0713 e. The molecule has 0 saturated heterocycles. The van der Waals surface area contributed by atoms with Crippen molar-refractivity contribution in [3.63, 3.8) is 0 Å².